The maximum Gasteiger partial charge on any atom is 0.277 e. The van der Waals surface area contributed by atoms with Crippen LogP contribution in [0.5, 0.6) is 0 Å². The van der Waals surface area contributed by atoms with Gasteiger partial charge in [-0.05, 0) is 29.8 Å². The van der Waals surface area contributed by atoms with Gasteiger partial charge in [-0.3, -0.25) is 9.69 Å². The zero-order valence-corrected chi connectivity index (χ0v) is 18.8. The molecule has 3 aromatic rings. The van der Waals surface area contributed by atoms with E-state index in [2.05, 4.69) is 44.0 Å². The number of nitrogens with one attached hydrogen (secondary N) is 1. The molecule has 1 aromatic heterocycles. The summed E-state index contributed by atoms with van der Waals surface area (Å²) in [5.41, 5.74) is 3.06. The van der Waals surface area contributed by atoms with Gasteiger partial charge in [0.1, 0.15) is 0 Å². The van der Waals surface area contributed by atoms with Crippen LogP contribution >= 0.6 is 11.8 Å². The maximum absolute atomic E-state index is 12.3. The molecule has 0 spiro atoms. The number of hydrogen-bond donors (Lipinski definition) is 1. The Morgan fingerprint density at radius 3 is 2.53 bits per heavy atom. The van der Waals surface area contributed by atoms with E-state index in [0.717, 1.165) is 44.0 Å². The fraction of sp³-hybridized carbons (Fsp3) is 0.292. The second kappa shape index (κ2) is 11.0. The van der Waals surface area contributed by atoms with Gasteiger partial charge in [0.2, 0.25) is 11.8 Å². The first-order chi connectivity index (χ1) is 15.7. The number of amides is 1. The fourth-order valence-electron chi connectivity index (χ4n) is 3.59. The summed E-state index contributed by atoms with van der Waals surface area (Å²) in [4.78, 5) is 17.1. The average molecular weight is 450 g/mol. The number of benzene rings is 2. The van der Waals surface area contributed by atoms with Crippen LogP contribution in [0.25, 0.3) is 0 Å². The first kappa shape index (κ1) is 22.1. The summed E-state index contributed by atoms with van der Waals surface area (Å²) in [5, 5.41) is 11.4. The van der Waals surface area contributed by atoms with E-state index in [1.165, 1.54) is 17.4 Å². The van der Waals surface area contributed by atoms with Crippen LogP contribution in [-0.2, 0) is 11.2 Å². The predicted octanol–water partition coefficient (Wildman–Crippen LogP) is 3.70. The molecule has 0 aliphatic carbocycles. The monoisotopic (exact) mass is 449 g/mol. The van der Waals surface area contributed by atoms with Gasteiger partial charge in [-0.25, -0.2) is 0 Å². The van der Waals surface area contributed by atoms with Crippen molar-refractivity contribution in [3.05, 3.63) is 78.7 Å². The Morgan fingerprint density at radius 1 is 1.06 bits per heavy atom. The topological polar surface area (TPSA) is 74.5 Å². The second-order valence-electron chi connectivity index (χ2n) is 7.58. The Labute approximate surface area is 192 Å². The number of piperazine rings is 1. The van der Waals surface area contributed by atoms with Gasteiger partial charge in [0, 0.05) is 44.1 Å². The molecule has 1 N–H and O–H groups in total. The quantitative estimate of drug-likeness (QED) is 0.394. The summed E-state index contributed by atoms with van der Waals surface area (Å²) in [5.74, 6) is 0.642. The molecule has 8 heteroatoms. The molecule has 1 amide bonds. The lowest BCUT2D eigenvalue weighted by Crippen LogP contribution is -2.46. The van der Waals surface area contributed by atoms with Gasteiger partial charge in [-0.15, -0.1) is 16.8 Å². The van der Waals surface area contributed by atoms with Gasteiger partial charge in [0.25, 0.3) is 5.22 Å². The summed E-state index contributed by atoms with van der Waals surface area (Å²) in [6, 6.07) is 17.9. The van der Waals surface area contributed by atoms with E-state index in [1.54, 1.807) is 0 Å². The van der Waals surface area contributed by atoms with Crippen molar-refractivity contribution in [3.63, 3.8) is 0 Å². The molecule has 4 rings (SSSR count). The van der Waals surface area contributed by atoms with Gasteiger partial charge in [0.05, 0.1) is 12.2 Å². The van der Waals surface area contributed by atoms with Gasteiger partial charge in [-0.1, -0.05) is 48.2 Å². The number of nitrogens with zero attached hydrogens (tertiary/aromatic N) is 4. The molecular weight excluding hydrogens is 422 g/mol. The number of carbonyl (C=O) groups excluding carboxylic acids is 1. The molecule has 0 radical (unpaired) electrons. The summed E-state index contributed by atoms with van der Waals surface area (Å²) < 4.78 is 5.64. The van der Waals surface area contributed by atoms with Crippen LogP contribution < -0.4 is 10.2 Å². The largest absolute Gasteiger partial charge is 0.416 e. The highest BCUT2D eigenvalue weighted by molar-refractivity contribution is 7.99. The lowest BCUT2D eigenvalue weighted by Gasteiger charge is -2.35. The third-order valence-electron chi connectivity index (χ3n) is 5.25. The number of hydrogen-bond acceptors (Lipinski definition) is 7. The highest BCUT2D eigenvalue weighted by atomic mass is 32.2. The molecule has 7 nitrogen and oxygen atoms in total. The van der Waals surface area contributed by atoms with Crippen molar-refractivity contribution in [1.29, 1.82) is 0 Å². The smallest absolute Gasteiger partial charge is 0.277 e. The summed E-state index contributed by atoms with van der Waals surface area (Å²) in [6.07, 6.45) is 2.53. The van der Waals surface area contributed by atoms with Crippen LogP contribution in [-0.4, -0.2) is 59.5 Å². The molecule has 1 fully saturated rings. The second-order valence-corrected chi connectivity index (χ2v) is 8.51. The molecule has 166 valence electrons. The molecule has 0 unspecified atom stereocenters. The minimum absolute atomic E-state index is 0.108. The third-order valence-corrected chi connectivity index (χ3v) is 6.07. The normalized spacial score (nSPS) is 14.3. The SMILES string of the molecule is C=CCN1CCN(c2ccc(NC(=O)CSc3nnc(Cc4ccccc4)o3)cc2)CC1. The zero-order chi connectivity index (χ0) is 22.2. The van der Waals surface area contributed by atoms with Crippen molar-refractivity contribution in [3.8, 4) is 0 Å². The molecule has 2 heterocycles. The average Bonchev–Trinajstić information content (AvgIpc) is 3.27. The zero-order valence-electron chi connectivity index (χ0n) is 17.9. The molecule has 1 aliphatic rings. The van der Waals surface area contributed by atoms with Crippen LogP contribution in [0.3, 0.4) is 0 Å². The molecule has 0 bridgehead atoms. The molecule has 1 aliphatic heterocycles. The van der Waals surface area contributed by atoms with Crippen LogP contribution in [0.4, 0.5) is 11.4 Å². The van der Waals surface area contributed by atoms with Crippen LogP contribution in [0.1, 0.15) is 11.5 Å². The van der Waals surface area contributed by atoms with Gasteiger partial charge >= 0.3 is 0 Å². The number of anilines is 2. The van der Waals surface area contributed by atoms with Gasteiger partial charge < -0.3 is 14.6 Å². The molecule has 0 atom stereocenters. The third kappa shape index (κ3) is 6.21. The first-order valence-corrected chi connectivity index (χ1v) is 11.7. The van der Waals surface area contributed by atoms with E-state index < -0.39 is 0 Å². The van der Waals surface area contributed by atoms with Crippen LogP contribution in [0.2, 0.25) is 0 Å². The Balaban J connectivity index is 1.22. The van der Waals surface area contributed by atoms with Crippen molar-refractivity contribution >= 4 is 29.0 Å². The summed E-state index contributed by atoms with van der Waals surface area (Å²) in [7, 11) is 0. The van der Waals surface area contributed by atoms with Crippen molar-refractivity contribution in [2.75, 3.05) is 48.7 Å². The number of carbonyl (C=O) groups is 1. The highest BCUT2D eigenvalue weighted by Gasteiger charge is 2.16. The van der Waals surface area contributed by atoms with E-state index in [4.69, 9.17) is 4.42 Å². The lowest BCUT2D eigenvalue weighted by atomic mass is 10.2. The van der Waals surface area contributed by atoms with Crippen molar-refractivity contribution in [2.24, 2.45) is 0 Å². The Bertz CT molecular complexity index is 1010. The van der Waals surface area contributed by atoms with Crippen LogP contribution in [0.15, 0.2) is 76.9 Å². The van der Waals surface area contributed by atoms with E-state index in [-0.39, 0.29) is 11.7 Å². The van der Waals surface area contributed by atoms with Gasteiger partial charge in [0.15, 0.2) is 0 Å². The molecular formula is C24H27N5O2S. The highest BCUT2D eigenvalue weighted by Crippen LogP contribution is 2.21. The van der Waals surface area contributed by atoms with E-state index in [0.29, 0.717) is 17.5 Å². The Morgan fingerprint density at radius 2 is 1.81 bits per heavy atom. The maximum atomic E-state index is 12.3. The fourth-order valence-corrected chi connectivity index (χ4v) is 4.17. The lowest BCUT2D eigenvalue weighted by molar-refractivity contribution is -0.113. The van der Waals surface area contributed by atoms with Crippen molar-refractivity contribution < 1.29 is 9.21 Å². The minimum atomic E-state index is -0.108. The standard InChI is InChI=1S/C24H27N5O2S/c1-2-12-28-13-15-29(16-14-28)21-10-8-20(9-11-21)25-22(30)18-32-24-27-26-23(31-24)17-19-6-4-3-5-7-19/h2-11H,1,12-18H2,(H,25,30). The van der Waals surface area contributed by atoms with E-state index >= 15 is 0 Å². The van der Waals surface area contributed by atoms with E-state index in [1.807, 2.05) is 48.5 Å². The van der Waals surface area contributed by atoms with Crippen LogP contribution in [0, 0.1) is 0 Å². The molecule has 32 heavy (non-hydrogen) atoms. The van der Waals surface area contributed by atoms with Gasteiger partial charge in [-0.2, -0.15) is 0 Å². The summed E-state index contributed by atoms with van der Waals surface area (Å²) in [6.45, 7) is 8.80. The number of thioether (sulfide) groups is 1. The molecule has 0 saturated carbocycles. The first-order valence-electron chi connectivity index (χ1n) is 10.7. The minimum Gasteiger partial charge on any atom is -0.416 e. The molecule has 2 aromatic carbocycles. The van der Waals surface area contributed by atoms with Crippen molar-refractivity contribution in [1.82, 2.24) is 15.1 Å². The Hall–Kier alpha value is -3.10. The van der Waals surface area contributed by atoms with E-state index in [9.17, 15) is 4.79 Å². The number of aromatic nitrogens is 2. The predicted molar refractivity (Wildman–Crippen MR) is 128 cm³/mol. The van der Waals surface area contributed by atoms with Crippen molar-refractivity contribution in [2.45, 2.75) is 11.6 Å². The summed E-state index contributed by atoms with van der Waals surface area (Å²) >= 11 is 1.24. The number of rotatable bonds is 9. The Kier molecular flexibility index (Phi) is 7.58. The molecule has 1 saturated heterocycles.